The summed E-state index contributed by atoms with van der Waals surface area (Å²) in [5.74, 6) is 0. The SMILES string of the molecule is [2H]c1c([2H])c([2H])c(-c2c3ccccc3c(-c3cccc4c3sc3ccccc34)c3ccccc23)c([2H])c1[2H]. The lowest BCUT2D eigenvalue weighted by Gasteiger charge is -2.18. The number of hydrogen-bond acceptors (Lipinski definition) is 1. The molecule has 154 valence electrons. The number of hydrogen-bond donors (Lipinski definition) is 0. The molecule has 7 rings (SSSR count). The Morgan fingerprint density at radius 1 is 0.485 bits per heavy atom. The van der Waals surface area contributed by atoms with Crippen LogP contribution in [-0.4, -0.2) is 0 Å². The van der Waals surface area contributed by atoms with Crippen LogP contribution in [0, 0.1) is 0 Å². The molecule has 0 spiro atoms. The summed E-state index contributed by atoms with van der Waals surface area (Å²) in [5.41, 5.74) is 3.11. The van der Waals surface area contributed by atoms with Crippen LogP contribution in [0.25, 0.3) is 64.0 Å². The minimum Gasteiger partial charge on any atom is -0.135 e. The van der Waals surface area contributed by atoms with Crippen molar-refractivity contribution in [3.05, 3.63) is 121 Å². The van der Waals surface area contributed by atoms with Crippen molar-refractivity contribution in [1.82, 2.24) is 0 Å². The molecule has 0 bridgehead atoms. The highest BCUT2D eigenvalue weighted by Gasteiger charge is 2.18. The van der Waals surface area contributed by atoms with Gasteiger partial charge in [-0.15, -0.1) is 11.3 Å². The minimum atomic E-state index is -0.384. The highest BCUT2D eigenvalue weighted by molar-refractivity contribution is 7.26. The molecule has 1 heterocycles. The zero-order chi connectivity index (χ0) is 26.1. The molecule has 0 aliphatic rings. The number of rotatable bonds is 2. The van der Waals surface area contributed by atoms with Crippen LogP contribution < -0.4 is 0 Å². The van der Waals surface area contributed by atoms with E-state index in [0.29, 0.717) is 5.56 Å². The predicted octanol–water partition coefficient (Wildman–Crippen LogP) is 9.69. The van der Waals surface area contributed by atoms with Crippen LogP contribution in [0.3, 0.4) is 0 Å². The van der Waals surface area contributed by atoms with E-state index in [1.165, 1.54) is 20.2 Å². The van der Waals surface area contributed by atoms with Gasteiger partial charge in [0, 0.05) is 25.7 Å². The van der Waals surface area contributed by atoms with E-state index in [2.05, 4.69) is 54.6 Å². The molecule has 1 aromatic heterocycles. The van der Waals surface area contributed by atoms with Gasteiger partial charge in [-0.2, -0.15) is 0 Å². The van der Waals surface area contributed by atoms with Crippen LogP contribution in [0.2, 0.25) is 0 Å². The van der Waals surface area contributed by atoms with Crippen LogP contribution in [0.15, 0.2) is 121 Å². The number of benzene rings is 6. The molecule has 0 saturated heterocycles. The van der Waals surface area contributed by atoms with Crippen LogP contribution in [0.4, 0.5) is 0 Å². The fraction of sp³-hybridized carbons (Fsp3) is 0. The molecule has 33 heavy (non-hydrogen) atoms. The second-order valence-electron chi connectivity index (χ2n) is 8.12. The Morgan fingerprint density at radius 2 is 1.03 bits per heavy atom. The van der Waals surface area contributed by atoms with Crippen molar-refractivity contribution in [2.24, 2.45) is 0 Å². The van der Waals surface area contributed by atoms with E-state index < -0.39 is 0 Å². The molecule has 7 aromatic rings. The Labute approximate surface area is 203 Å². The van der Waals surface area contributed by atoms with E-state index in [4.69, 9.17) is 6.85 Å². The van der Waals surface area contributed by atoms with E-state index in [9.17, 15) is 0 Å². The first-order valence-electron chi connectivity index (χ1n) is 13.4. The van der Waals surface area contributed by atoms with Crippen molar-refractivity contribution in [2.75, 3.05) is 0 Å². The topological polar surface area (TPSA) is 0 Å². The summed E-state index contributed by atoms with van der Waals surface area (Å²) in [7, 11) is 0. The van der Waals surface area contributed by atoms with Crippen LogP contribution in [-0.2, 0) is 0 Å². The first kappa shape index (κ1) is 14.3. The summed E-state index contributed by atoms with van der Waals surface area (Å²) in [5, 5.41) is 6.14. The van der Waals surface area contributed by atoms with Gasteiger partial charge in [0.2, 0.25) is 0 Å². The van der Waals surface area contributed by atoms with Crippen molar-refractivity contribution in [3.8, 4) is 22.3 Å². The molecule has 0 amide bonds. The van der Waals surface area contributed by atoms with E-state index in [0.717, 1.165) is 32.7 Å². The zero-order valence-electron chi connectivity index (χ0n) is 22.6. The van der Waals surface area contributed by atoms with E-state index in [1.54, 1.807) is 11.3 Å². The lowest BCUT2D eigenvalue weighted by Crippen LogP contribution is -1.90. The van der Waals surface area contributed by atoms with Crippen molar-refractivity contribution >= 4 is 53.1 Å². The fourth-order valence-electron chi connectivity index (χ4n) is 5.01. The second-order valence-corrected chi connectivity index (χ2v) is 9.17. The van der Waals surface area contributed by atoms with Crippen LogP contribution >= 0.6 is 11.3 Å². The molecule has 0 saturated carbocycles. The molecule has 0 N–H and O–H groups in total. The average molecular weight is 442 g/mol. The van der Waals surface area contributed by atoms with Gasteiger partial charge in [0.15, 0.2) is 0 Å². The molecular weight excluding hydrogens is 416 g/mol. The Morgan fingerprint density at radius 3 is 1.70 bits per heavy atom. The molecule has 0 fully saturated rings. The summed E-state index contributed by atoms with van der Waals surface area (Å²) in [6.07, 6.45) is 0. The van der Waals surface area contributed by atoms with Crippen molar-refractivity contribution in [1.29, 1.82) is 0 Å². The quantitative estimate of drug-likeness (QED) is 0.234. The van der Waals surface area contributed by atoms with E-state index in [-0.39, 0.29) is 35.8 Å². The smallest absolute Gasteiger partial charge is 0.0629 e. The molecule has 6 aromatic carbocycles. The fourth-order valence-corrected chi connectivity index (χ4v) is 6.23. The van der Waals surface area contributed by atoms with Crippen molar-refractivity contribution < 1.29 is 6.85 Å². The van der Waals surface area contributed by atoms with Gasteiger partial charge in [0.25, 0.3) is 0 Å². The Balaban J connectivity index is 1.69. The molecule has 0 unspecified atom stereocenters. The Kier molecular flexibility index (Phi) is 3.15. The average Bonchev–Trinajstić information content (AvgIpc) is 3.34. The lowest BCUT2D eigenvalue weighted by molar-refractivity contribution is 1.67. The van der Waals surface area contributed by atoms with E-state index >= 15 is 0 Å². The summed E-state index contributed by atoms with van der Waals surface area (Å²) < 4.78 is 44.7. The highest BCUT2D eigenvalue weighted by Crippen LogP contribution is 2.47. The van der Waals surface area contributed by atoms with Gasteiger partial charge in [0.1, 0.15) is 0 Å². The van der Waals surface area contributed by atoms with Gasteiger partial charge in [-0.25, -0.2) is 0 Å². The summed E-state index contributed by atoms with van der Waals surface area (Å²) in [6.45, 7) is 0. The van der Waals surface area contributed by atoms with Gasteiger partial charge in [-0.3, -0.25) is 0 Å². The van der Waals surface area contributed by atoms with Gasteiger partial charge < -0.3 is 0 Å². The highest BCUT2D eigenvalue weighted by atomic mass is 32.1. The molecule has 1 heteroatoms. The van der Waals surface area contributed by atoms with Gasteiger partial charge in [-0.1, -0.05) is 115 Å². The molecule has 0 radical (unpaired) electrons. The maximum atomic E-state index is 8.74. The monoisotopic (exact) mass is 441 g/mol. The standard InChI is InChI=1S/C32H20S/c1-2-11-21(12-3-1)30-23-14-4-6-16-25(23)31(26-17-7-5-15-24(26)30)28-19-10-18-27-22-13-8-9-20-29(22)33-32(27)28/h1-20H/i1D,2D,3D,11D,12D. The van der Waals surface area contributed by atoms with Crippen LogP contribution in [0.1, 0.15) is 6.85 Å². The number of fused-ring (bicyclic) bond motifs is 5. The Hall–Kier alpha value is -3.94. The normalized spacial score (nSPS) is 13.8. The maximum absolute atomic E-state index is 8.74. The first-order valence-corrected chi connectivity index (χ1v) is 11.7. The first-order chi connectivity index (χ1) is 18.5. The third-order valence-electron chi connectivity index (χ3n) is 6.36. The molecular formula is C32H20S. The van der Waals surface area contributed by atoms with Gasteiger partial charge in [-0.05, 0) is 44.3 Å². The summed E-state index contributed by atoms with van der Waals surface area (Å²) in [6, 6.07) is 29.5. The summed E-state index contributed by atoms with van der Waals surface area (Å²) in [4.78, 5) is 0. The maximum Gasteiger partial charge on any atom is 0.0629 e. The molecule has 0 aliphatic heterocycles. The Bertz CT molecular complexity index is 2000. The molecule has 0 aliphatic carbocycles. The zero-order valence-corrected chi connectivity index (χ0v) is 18.4. The summed E-state index contributed by atoms with van der Waals surface area (Å²) >= 11 is 1.78. The van der Waals surface area contributed by atoms with E-state index in [1.807, 2.05) is 36.4 Å². The minimum absolute atomic E-state index is 0.189. The number of thiophene rings is 1. The molecule has 0 nitrogen and oxygen atoms in total. The van der Waals surface area contributed by atoms with Crippen molar-refractivity contribution in [3.63, 3.8) is 0 Å². The predicted molar refractivity (Wildman–Crippen MR) is 145 cm³/mol. The van der Waals surface area contributed by atoms with Gasteiger partial charge in [0.05, 0.1) is 6.85 Å². The van der Waals surface area contributed by atoms with Gasteiger partial charge >= 0.3 is 0 Å². The van der Waals surface area contributed by atoms with Crippen molar-refractivity contribution in [2.45, 2.75) is 0 Å². The third-order valence-corrected chi connectivity index (χ3v) is 7.57. The lowest BCUT2D eigenvalue weighted by atomic mass is 9.86. The molecule has 0 atom stereocenters. The largest absolute Gasteiger partial charge is 0.135 e. The van der Waals surface area contributed by atoms with Crippen LogP contribution in [0.5, 0.6) is 0 Å². The second kappa shape index (κ2) is 7.30. The third kappa shape index (κ3) is 2.76.